The van der Waals surface area contributed by atoms with E-state index < -0.39 is 0 Å². The Labute approximate surface area is 172 Å². The highest BCUT2D eigenvalue weighted by molar-refractivity contribution is 9.10. The van der Waals surface area contributed by atoms with Gasteiger partial charge in [0.1, 0.15) is 5.75 Å². The van der Waals surface area contributed by atoms with Gasteiger partial charge in [0.2, 0.25) is 0 Å². The molecule has 140 valence electrons. The lowest BCUT2D eigenvalue weighted by molar-refractivity contribution is 0.0972. The van der Waals surface area contributed by atoms with E-state index in [9.17, 15) is 4.79 Å². The minimum Gasteiger partial charge on any atom is -0.493 e. The van der Waals surface area contributed by atoms with Crippen LogP contribution in [0.4, 0.5) is 0 Å². The first-order chi connectivity index (χ1) is 12.6. The fraction of sp³-hybridized carbons (Fsp3) is 0.368. The van der Waals surface area contributed by atoms with Crippen LogP contribution < -0.4 is 15.4 Å². The van der Waals surface area contributed by atoms with E-state index in [-0.39, 0.29) is 5.91 Å². The number of benzene rings is 1. The van der Waals surface area contributed by atoms with E-state index in [4.69, 9.17) is 17.0 Å². The van der Waals surface area contributed by atoms with Crippen molar-refractivity contribution in [2.45, 2.75) is 39.2 Å². The molecule has 0 aliphatic heterocycles. The number of unbranched alkanes of at least 4 members (excludes halogenated alkanes) is 3. The van der Waals surface area contributed by atoms with Gasteiger partial charge in [-0.15, -0.1) is 11.3 Å². The van der Waals surface area contributed by atoms with Crippen LogP contribution in [0.5, 0.6) is 5.75 Å². The molecule has 0 radical (unpaired) electrons. The third-order valence-corrected chi connectivity index (χ3v) is 5.29. The third-order valence-electron chi connectivity index (χ3n) is 3.67. The molecule has 0 spiro atoms. The van der Waals surface area contributed by atoms with Gasteiger partial charge in [0.15, 0.2) is 5.11 Å². The van der Waals surface area contributed by atoms with Crippen molar-refractivity contribution in [1.29, 1.82) is 0 Å². The Kier molecular flexibility index (Phi) is 9.08. The number of halogens is 1. The van der Waals surface area contributed by atoms with Gasteiger partial charge >= 0.3 is 0 Å². The van der Waals surface area contributed by atoms with Crippen LogP contribution >= 0.6 is 39.5 Å². The van der Waals surface area contributed by atoms with Gasteiger partial charge in [-0.25, -0.2) is 0 Å². The number of nitrogens with one attached hydrogen (secondary N) is 2. The molecular formula is C19H23BrN2O2S2. The molecule has 0 aliphatic rings. The van der Waals surface area contributed by atoms with Gasteiger partial charge in [-0.1, -0.05) is 48.2 Å². The standard InChI is InChI=1S/C19H23BrN2O2S2/c1-2-3-4-5-10-24-17-9-8-14(20)12-16(17)18(23)22-19(25)21-13-15-7-6-11-26-15/h6-9,11-12H,2-5,10,13H2,1H3,(H2,21,22,23,25). The molecule has 1 heterocycles. The smallest absolute Gasteiger partial charge is 0.261 e. The van der Waals surface area contributed by atoms with Crippen molar-refractivity contribution in [1.82, 2.24) is 10.6 Å². The highest BCUT2D eigenvalue weighted by atomic mass is 79.9. The Hall–Kier alpha value is -1.44. The molecule has 2 rings (SSSR count). The molecule has 2 N–H and O–H groups in total. The van der Waals surface area contributed by atoms with Crippen LogP contribution in [0, 0.1) is 0 Å². The highest BCUT2D eigenvalue weighted by Crippen LogP contribution is 2.23. The number of hydrogen-bond donors (Lipinski definition) is 2. The van der Waals surface area contributed by atoms with Gasteiger partial charge in [0.25, 0.3) is 5.91 Å². The molecule has 4 nitrogen and oxygen atoms in total. The Balaban J connectivity index is 1.91. The van der Waals surface area contributed by atoms with E-state index in [1.54, 1.807) is 23.5 Å². The summed E-state index contributed by atoms with van der Waals surface area (Å²) >= 11 is 10.3. The first-order valence-corrected chi connectivity index (χ1v) is 10.7. The van der Waals surface area contributed by atoms with Crippen molar-refractivity contribution in [2.24, 2.45) is 0 Å². The van der Waals surface area contributed by atoms with E-state index in [1.165, 1.54) is 12.8 Å². The zero-order valence-electron chi connectivity index (χ0n) is 14.7. The predicted octanol–water partition coefficient (Wildman–Crippen LogP) is 5.27. The molecule has 1 amide bonds. The van der Waals surface area contributed by atoms with Crippen molar-refractivity contribution < 1.29 is 9.53 Å². The maximum Gasteiger partial charge on any atom is 0.261 e. The van der Waals surface area contributed by atoms with Crippen molar-refractivity contribution in [2.75, 3.05) is 6.61 Å². The topological polar surface area (TPSA) is 50.4 Å². The fourth-order valence-corrected chi connectivity index (χ4v) is 3.48. The van der Waals surface area contributed by atoms with E-state index in [1.807, 2.05) is 23.6 Å². The first-order valence-electron chi connectivity index (χ1n) is 8.64. The number of carbonyl (C=O) groups is 1. The molecule has 0 unspecified atom stereocenters. The van der Waals surface area contributed by atoms with Crippen LogP contribution in [-0.2, 0) is 6.54 Å². The van der Waals surface area contributed by atoms with Crippen LogP contribution in [0.25, 0.3) is 0 Å². The van der Waals surface area contributed by atoms with Crippen LogP contribution in [0.1, 0.15) is 47.8 Å². The molecule has 1 aromatic heterocycles. The fourth-order valence-electron chi connectivity index (χ4n) is 2.31. The number of ether oxygens (including phenoxy) is 1. The lowest BCUT2D eigenvalue weighted by Gasteiger charge is -2.13. The minimum absolute atomic E-state index is 0.279. The molecule has 7 heteroatoms. The number of thiocarbonyl (C=S) groups is 1. The van der Waals surface area contributed by atoms with Crippen LogP contribution in [0.2, 0.25) is 0 Å². The van der Waals surface area contributed by atoms with E-state index >= 15 is 0 Å². The number of amides is 1. The summed E-state index contributed by atoms with van der Waals surface area (Å²) in [4.78, 5) is 13.7. The maximum absolute atomic E-state index is 12.6. The molecule has 0 aliphatic carbocycles. The monoisotopic (exact) mass is 454 g/mol. The normalized spacial score (nSPS) is 10.4. The Morgan fingerprint density at radius 2 is 2.12 bits per heavy atom. The van der Waals surface area contributed by atoms with Gasteiger partial charge in [0, 0.05) is 9.35 Å². The van der Waals surface area contributed by atoms with Gasteiger partial charge in [-0.3, -0.25) is 10.1 Å². The molecular weight excluding hydrogens is 432 g/mol. The van der Waals surface area contributed by atoms with Crippen molar-refractivity contribution >= 4 is 50.5 Å². The van der Waals surface area contributed by atoms with Crippen molar-refractivity contribution in [3.05, 3.63) is 50.6 Å². The Morgan fingerprint density at radius 1 is 1.27 bits per heavy atom. The SMILES string of the molecule is CCCCCCOc1ccc(Br)cc1C(=O)NC(=S)NCc1cccs1. The summed E-state index contributed by atoms with van der Waals surface area (Å²) < 4.78 is 6.63. The summed E-state index contributed by atoms with van der Waals surface area (Å²) in [5.41, 5.74) is 0.468. The van der Waals surface area contributed by atoms with Gasteiger partial charge in [-0.2, -0.15) is 0 Å². The zero-order valence-corrected chi connectivity index (χ0v) is 17.9. The number of hydrogen-bond acceptors (Lipinski definition) is 4. The summed E-state index contributed by atoms with van der Waals surface area (Å²) in [6, 6.07) is 9.42. The van der Waals surface area contributed by atoms with Crippen molar-refractivity contribution in [3.63, 3.8) is 0 Å². The second-order valence-electron chi connectivity index (χ2n) is 5.77. The number of thiophene rings is 1. The number of rotatable bonds is 9. The average Bonchev–Trinajstić information content (AvgIpc) is 3.14. The second kappa shape index (κ2) is 11.3. The van der Waals surface area contributed by atoms with Crippen molar-refractivity contribution in [3.8, 4) is 5.75 Å². The summed E-state index contributed by atoms with van der Waals surface area (Å²) in [6.45, 7) is 3.37. The summed E-state index contributed by atoms with van der Waals surface area (Å²) in [5, 5.41) is 8.07. The quantitative estimate of drug-likeness (QED) is 0.399. The zero-order chi connectivity index (χ0) is 18.8. The largest absolute Gasteiger partial charge is 0.493 e. The maximum atomic E-state index is 12.6. The van der Waals surface area contributed by atoms with E-state index in [0.717, 1.165) is 22.2 Å². The van der Waals surface area contributed by atoms with Gasteiger partial charge < -0.3 is 10.1 Å². The highest BCUT2D eigenvalue weighted by Gasteiger charge is 2.15. The van der Waals surface area contributed by atoms with E-state index in [0.29, 0.717) is 29.6 Å². The van der Waals surface area contributed by atoms with Crippen LogP contribution in [-0.4, -0.2) is 17.6 Å². The average molecular weight is 455 g/mol. The first kappa shape index (κ1) is 20.9. The molecule has 0 fully saturated rings. The number of carbonyl (C=O) groups excluding carboxylic acids is 1. The molecule has 26 heavy (non-hydrogen) atoms. The third kappa shape index (κ3) is 7.05. The minimum atomic E-state index is -0.279. The lowest BCUT2D eigenvalue weighted by atomic mass is 10.2. The lowest BCUT2D eigenvalue weighted by Crippen LogP contribution is -2.38. The predicted molar refractivity (Wildman–Crippen MR) is 115 cm³/mol. The molecule has 2 aromatic rings. The summed E-state index contributed by atoms with van der Waals surface area (Å²) in [6.07, 6.45) is 4.49. The van der Waals surface area contributed by atoms with Gasteiger partial charge in [-0.05, 0) is 48.3 Å². The molecule has 0 bridgehead atoms. The Morgan fingerprint density at radius 3 is 2.85 bits per heavy atom. The van der Waals surface area contributed by atoms with Crippen LogP contribution in [0.15, 0.2) is 40.2 Å². The van der Waals surface area contributed by atoms with E-state index in [2.05, 4.69) is 33.5 Å². The molecule has 1 aromatic carbocycles. The summed E-state index contributed by atoms with van der Waals surface area (Å²) in [7, 11) is 0. The Bertz CT molecular complexity index is 720. The molecule has 0 atom stereocenters. The molecule has 0 saturated carbocycles. The summed E-state index contributed by atoms with van der Waals surface area (Å²) in [5.74, 6) is 0.293. The van der Waals surface area contributed by atoms with Gasteiger partial charge in [0.05, 0.1) is 18.7 Å². The molecule has 0 saturated heterocycles. The van der Waals surface area contributed by atoms with Crippen LogP contribution in [0.3, 0.4) is 0 Å². The second-order valence-corrected chi connectivity index (χ2v) is 8.12.